The number of nitrogens with zero attached hydrogens (tertiary/aromatic N) is 2. The fourth-order valence-corrected chi connectivity index (χ4v) is 6.79. The Labute approximate surface area is 248 Å². The van der Waals surface area contributed by atoms with E-state index in [0.29, 0.717) is 21.8 Å². The monoisotopic (exact) mass is 595 g/mol. The number of nitrogens with one attached hydrogen (secondary N) is 1. The van der Waals surface area contributed by atoms with Crippen molar-refractivity contribution in [2.45, 2.75) is 76.9 Å². The van der Waals surface area contributed by atoms with Crippen LogP contribution in [0.3, 0.4) is 0 Å². The number of carbonyl (C=O) groups is 2. The molecule has 1 fully saturated rings. The predicted octanol–water partition coefficient (Wildman–Crippen LogP) is 5.94. The number of sulfonamides is 1. The van der Waals surface area contributed by atoms with Crippen LogP contribution in [0, 0.1) is 20.8 Å². The molecule has 0 aliphatic heterocycles. The van der Waals surface area contributed by atoms with Crippen LogP contribution in [-0.2, 0) is 26.2 Å². The zero-order valence-corrected chi connectivity index (χ0v) is 25.6. The molecular weight excluding hydrogens is 558 g/mol. The number of anilines is 1. The average molecular weight is 596 g/mol. The molecular formula is C32H38ClN3O4S. The van der Waals surface area contributed by atoms with Crippen LogP contribution >= 0.6 is 11.6 Å². The topological polar surface area (TPSA) is 86.8 Å². The number of aryl methyl sites for hydroxylation is 3. The van der Waals surface area contributed by atoms with Gasteiger partial charge in [-0.2, -0.15) is 0 Å². The number of rotatable bonds is 10. The summed E-state index contributed by atoms with van der Waals surface area (Å²) in [6, 6.07) is 18.4. The molecule has 0 aromatic heterocycles. The standard InChI is InChI=1S/C32H38ClN3O4S/c1-22-14-17-28(18-15-22)41(39,40)36(30-19-23(2)13-16-24(30)3)21-31(37)35(20-26-9-5-8-12-29(26)33)25(4)32(38)34-27-10-6-7-11-27/h5,8-9,12-19,25,27H,6-7,10-11,20-21H2,1-4H3,(H,34,38). The number of halogens is 1. The van der Waals surface area contributed by atoms with Crippen LogP contribution in [0.4, 0.5) is 5.69 Å². The highest BCUT2D eigenvalue weighted by Crippen LogP contribution is 2.29. The van der Waals surface area contributed by atoms with E-state index in [-0.39, 0.29) is 23.4 Å². The van der Waals surface area contributed by atoms with Gasteiger partial charge in [-0.3, -0.25) is 13.9 Å². The Hall–Kier alpha value is -3.36. The minimum atomic E-state index is -4.13. The Morgan fingerprint density at radius 3 is 2.24 bits per heavy atom. The Balaban J connectivity index is 1.73. The van der Waals surface area contributed by atoms with Crippen molar-refractivity contribution in [3.05, 3.63) is 94.0 Å². The number of hydrogen-bond donors (Lipinski definition) is 1. The lowest BCUT2D eigenvalue weighted by atomic mass is 10.1. The molecule has 0 heterocycles. The second-order valence-electron chi connectivity index (χ2n) is 10.9. The van der Waals surface area contributed by atoms with Gasteiger partial charge >= 0.3 is 0 Å². The molecule has 1 unspecified atom stereocenters. The molecule has 9 heteroatoms. The second kappa shape index (κ2) is 13.1. The number of amides is 2. The highest BCUT2D eigenvalue weighted by Gasteiger charge is 2.34. The molecule has 0 spiro atoms. The first-order valence-electron chi connectivity index (χ1n) is 14.0. The molecule has 3 aromatic carbocycles. The molecule has 1 N–H and O–H groups in total. The molecule has 1 saturated carbocycles. The summed E-state index contributed by atoms with van der Waals surface area (Å²) in [7, 11) is -4.13. The van der Waals surface area contributed by atoms with E-state index in [0.717, 1.165) is 41.1 Å². The molecule has 0 radical (unpaired) electrons. The van der Waals surface area contributed by atoms with Gasteiger partial charge in [-0.15, -0.1) is 0 Å². The van der Waals surface area contributed by atoms with Crippen molar-refractivity contribution in [3.63, 3.8) is 0 Å². The summed E-state index contributed by atoms with van der Waals surface area (Å²) in [4.78, 5) is 29.0. The lowest BCUT2D eigenvalue weighted by molar-refractivity contribution is -0.139. The molecule has 0 saturated heterocycles. The van der Waals surface area contributed by atoms with E-state index in [1.165, 1.54) is 4.90 Å². The van der Waals surface area contributed by atoms with Crippen molar-refractivity contribution in [1.82, 2.24) is 10.2 Å². The van der Waals surface area contributed by atoms with Crippen LogP contribution in [0.1, 0.15) is 54.9 Å². The molecule has 218 valence electrons. The van der Waals surface area contributed by atoms with Crippen molar-refractivity contribution >= 4 is 39.1 Å². The molecule has 2 amide bonds. The van der Waals surface area contributed by atoms with Crippen LogP contribution in [-0.4, -0.2) is 43.8 Å². The third-order valence-electron chi connectivity index (χ3n) is 7.69. The third-order valence-corrected chi connectivity index (χ3v) is 9.83. The van der Waals surface area contributed by atoms with Gasteiger partial charge in [-0.1, -0.05) is 72.5 Å². The van der Waals surface area contributed by atoms with Gasteiger partial charge in [0.2, 0.25) is 11.8 Å². The first-order chi connectivity index (χ1) is 19.5. The van der Waals surface area contributed by atoms with E-state index in [1.54, 1.807) is 55.5 Å². The van der Waals surface area contributed by atoms with Gasteiger partial charge in [0.25, 0.3) is 10.0 Å². The predicted molar refractivity (Wildman–Crippen MR) is 163 cm³/mol. The van der Waals surface area contributed by atoms with E-state index in [2.05, 4.69) is 5.32 Å². The molecule has 1 atom stereocenters. The Morgan fingerprint density at radius 1 is 0.951 bits per heavy atom. The zero-order valence-electron chi connectivity index (χ0n) is 24.1. The maximum Gasteiger partial charge on any atom is 0.264 e. The Morgan fingerprint density at radius 2 is 1.59 bits per heavy atom. The summed E-state index contributed by atoms with van der Waals surface area (Å²) in [5, 5.41) is 3.54. The normalized spacial score (nSPS) is 14.5. The highest BCUT2D eigenvalue weighted by atomic mass is 35.5. The zero-order chi connectivity index (χ0) is 29.7. The lowest BCUT2D eigenvalue weighted by Gasteiger charge is -2.33. The highest BCUT2D eigenvalue weighted by molar-refractivity contribution is 7.92. The van der Waals surface area contributed by atoms with Crippen molar-refractivity contribution < 1.29 is 18.0 Å². The van der Waals surface area contributed by atoms with E-state index in [1.807, 2.05) is 39.0 Å². The number of carbonyl (C=O) groups excluding carboxylic acids is 2. The molecule has 1 aliphatic rings. The van der Waals surface area contributed by atoms with E-state index < -0.39 is 28.5 Å². The SMILES string of the molecule is Cc1ccc(S(=O)(=O)N(CC(=O)N(Cc2ccccc2Cl)C(C)C(=O)NC2CCCC2)c2cc(C)ccc2C)cc1. The Kier molecular flexibility index (Phi) is 9.76. The fraction of sp³-hybridized carbons (Fsp3) is 0.375. The van der Waals surface area contributed by atoms with E-state index in [9.17, 15) is 18.0 Å². The van der Waals surface area contributed by atoms with Crippen LogP contribution in [0.5, 0.6) is 0 Å². The minimum absolute atomic E-state index is 0.0585. The molecule has 0 bridgehead atoms. The first kappa shape index (κ1) is 30.6. The van der Waals surface area contributed by atoms with Gasteiger partial charge in [0, 0.05) is 17.6 Å². The smallest absolute Gasteiger partial charge is 0.264 e. The summed E-state index contributed by atoms with van der Waals surface area (Å²) in [5.74, 6) is -0.771. The summed E-state index contributed by atoms with van der Waals surface area (Å²) >= 11 is 6.46. The number of hydrogen-bond acceptors (Lipinski definition) is 4. The molecule has 7 nitrogen and oxygen atoms in total. The largest absolute Gasteiger partial charge is 0.352 e. The van der Waals surface area contributed by atoms with Gasteiger partial charge in [0.1, 0.15) is 12.6 Å². The molecule has 1 aliphatic carbocycles. The maximum absolute atomic E-state index is 14.2. The van der Waals surface area contributed by atoms with E-state index >= 15 is 0 Å². The van der Waals surface area contributed by atoms with Crippen LogP contribution in [0.25, 0.3) is 0 Å². The van der Waals surface area contributed by atoms with Gasteiger partial charge in [0.15, 0.2) is 0 Å². The maximum atomic E-state index is 14.2. The summed E-state index contributed by atoms with van der Waals surface area (Å²) < 4.78 is 29.3. The fourth-order valence-electron chi connectivity index (χ4n) is 5.12. The van der Waals surface area contributed by atoms with Gasteiger partial charge < -0.3 is 10.2 Å². The lowest BCUT2D eigenvalue weighted by Crippen LogP contribution is -2.52. The van der Waals surface area contributed by atoms with Gasteiger partial charge in [-0.25, -0.2) is 8.42 Å². The van der Waals surface area contributed by atoms with Crippen molar-refractivity contribution in [2.75, 3.05) is 10.8 Å². The molecule has 4 rings (SSSR count). The minimum Gasteiger partial charge on any atom is -0.352 e. The quantitative estimate of drug-likeness (QED) is 0.314. The van der Waals surface area contributed by atoms with Gasteiger partial charge in [-0.05, 0) is 81.5 Å². The van der Waals surface area contributed by atoms with E-state index in [4.69, 9.17) is 11.6 Å². The van der Waals surface area contributed by atoms with Crippen LogP contribution in [0.15, 0.2) is 71.6 Å². The Bertz CT molecular complexity index is 1500. The van der Waals surface area contributed by atoms with Gasteiger partial charge in [0.05, 0.1) is 10.6 Å². The summed E-state index contributed by atoms with van der Waals surface area (Å²) in [6.07, 6.45) is 3.94. The number of benzene rings is 3. The van der Waals surface area contributed by atoms with Crippen LogP contribution < -0.4 is 9.62 Å². The molecule has 3 aromatic rings. The van der Waals surface area contributed by atoms with Crippen molar-refractivity contribution in [1.29, 1.82) is 0 Å². The summed E-state index contributed by atoms with van der Waals surface area (Å²) in [5.41, 5.74) is 3.58. The van der Waals surface area contributed by atoms with Crippen molar-refractivity contribution in [2.24, 2.45) is 0 Å². The van der Waals surface area contributed by atoms with Crippen molar-refractivity contribution in [3.8, 4) is 0 Å². The summed E-state index contributed by atoms with van der Waals surface area (Å²) in [6.45, 7) is 6.83. The third kappa shape index (κ3) is 7.29. The van der Waals surface area contributed by atoms with Crippen LogP contribution in [0.2, 0.25) is 5.02 Å². The second-order valence-corrected chi connectivity index (χ2v) is 13.2. The average Bonchev–Trinajstić information content (AvgIpc) is 3.45. The molecule has 41 heavy (non-hydrogen) atoms. The first-order valence-corrected chi connectivity index (χ1v) is 15.8.